The molecule has 0 unspecified atom stereocenters. The minimum Gasteiger partial charge on any atom is -0.378 e. The van der Waals surface area contributed by atoms with Crippen LogP contribution in [-0.2, 0) is 14.3 Å². The molecule has 0 aromatic rings. The zero-order chi connectivity index (χ0) is 9.94. The molecule has 1 amide bonds. The average Bonchev–Trinajstić information content (AvgIpc) is 2.09. The van der Waals surface area contributed by atoms with E-state index in [0.717, 1.165) is 0 Å². The predicted octanol–water partition coefficient (Wildman–Crippen LogP) is -0.886. The Bertz CT molecular complexity index is 131. The summed E-state index contributed by atoms with van der Waals surface area (Å²) in [5.41, 5.74) is 5.21. The number of nitrogens with one attached hydrogen (secondary N) is 1. The van der Waals surface area contributed by atoms with Gasteiger partial charge in [-0.15, -0.1) is 0 Å². The van der Waals surface area contributed by atoms with Crippen LogP contribution in [0.25, 0.3) is 0 Å². The van der Waals surface area contributed by atoms with Crippen molar-refractivity contribution in [1.29, 1.82) is 0 Å². The van der Waals surface area contributed by atoms with Gasteiger partial charge in [-0.1, -0.05) is 0 Å². The van der Waals surface area contributed by atoms with Crippen molar-refractivity contribution in [3.05, 3.63) is 0 Å². The van der Waals surface area contributed by atoms with E-state index in [4.69, 9.17) is 15.2 Å². The molecular weight excluding hydrogens is 172 g/mol. The van der Waals surface area contributed by atoms with E-state index in [2.05, 4.69) is 5.32 Å². The Morgan fingerprint density at radius 3 is 2.38 bits per heavy atom. The monoisotopic (exact) mass is 190 g/mol. The second kappa shape index (κ2) is 9.44. The van der Waals surface area contributed by atoms with Crippen LogP contribution < -0.4 is 11.1 Å². The summed E-state index contributed by atoms with van der Waals surface area (Å²) in [6, 6.07) is 0. The van der Waals surface area contributed by atoms with Crippen molar-refractivity contribution in [2.75, 3.05) is 39.5 Å². The largest absolute Gasteiger partial charge is 0.378 e. The second-order valence-electron chi connectivity index (χ2n) is 2.50. The lowest BCUT2D eigenvalue weighted by Crippen LogP contribution is -2.25. The Balaban J connectivity index is 2.87. The van der Waals surface area contributed by atoms with Crippen molar-refractivity contribution < 1.29 is 14.3 Å². The fourth-order valence-electron chi connectivity index (χ4n) is 0.705. The quantitative estimate of drug-likeness (QED) is 0.487. The van der Waals surface area contributed by atoms with Gasteiger partial charge in [0.05, 0.1) is 26.4 Å². The molecule has 0 heterocycles. The van der Waals surface area contributed by atoms with Gasteiger partial charge in [0.2, 0.25) is 5.91 Å². The molecule has 0 fully saturated rings. The highest BCUT2D eigenvalue weighted by atomic mass is 16.5. The summed E-state index contributed by atoms with van der Waals surface area (Å²) < 4.78 is 10.2. The lowest BCUT2D eigenvalue weighted by atomic mass is 10.6. The Hall–Kier alpha value is -0.650. The summed E-state index contributed by atoms with van der Waals surface area (Å²) in [6.45, 7) is 4.74. The van der Waals surface area contributed by atoms with Crippen molar-refractivity contribution in [3.8, 4) is 0 Å². The summed E-state index contributed by atoms with van der Waals surface area (Å²) >= 11 is 0. The molecule has 0 aliphatic carbocycles. The number of hydrogen-bond acceptors (Lipinski definition) is 4. The number of amides is 1. The lowest BCUT2D eigenvalue weighted by Gasteiger charge is -2.04. The topological polar surface area (TPSA) is 73.6 Å². The molecule has 78 valence electrons. The lowest BCUT2D eigenvalue weighted by molar-refractivity contribution is -0.119. The van der Waals surface area contributed by atoms with Crippen molar-refractivity contribution in [3.63, 3.8) is 0 Å². The van der Waals surface area contributed by atoms with Crippen LogP contribution in [0.2, 0.25) is 0 Å². The SMILES string of the molecule is CC(=O)NCCOCCOCCN. The van der Waals surface area contributed by atoms with Crippen molar-refractivity contribution >= 4 is 5.91 Å². The molecule has 0 bridgehead atoms. The van der Waals surface area contributed by atoms with E-state index < -0.39 is 0 Å². The molecule has 0 rings (SSSR count). The van der Waals surface area contributed by atoms with E-state index in [-0.39, 0.29) is 5.91 Å². The molecule has 0 radical (unpaired) electrons. The molecule has 3 N–H and O–H groups in total. The fraction of sp³-hybridized carbons (Fsp3) is 0.875. The molecule has 0 saturated heterocycles. The third-order valence-electron chi connectivity index (χ3n) is 1.25. The van der Waals surface area contributed by atoms with E-state index in [1.54, 1.807) is 0 Å². The maximum Gasteiger partial charge on any atom is 0.216 e. The molecule has 5 heteroatoms. The number of carbonyl (C=O) groups excluding carboxylic acids is 1. The maximum atomic E-state index is 10.4. The third-order valence-corrected chi connectivity index (χ3v) is 1.25. The predicted molar refractivity (Wildman–Crippen MR) is 49.4 cm³/mol. The van der Waals surface area contributed by atoms with Gasteiger partial charge in [0.1, 0.15) is 0 Å². The Labute approximate surface area is 78.6 Å². The highest BCUT2D eigenvalue weighted by Crippen LogP contribution is 1.77. The van der Waals surface area contributed by atoms with Crippen LogP contribution >= 0.6 is 0 Å². The van der Waals surface area contributed by atoms with Crippen LogP contribution in [0.5, 0.6) is 0 Å². The van der Waals surface area contributed by atoms with Gasteiger partial charge in [-0.25, -0.2) is 0 Å². The van der Waals surface area contributed by atoms with Gasteiger partial charge in [-0.3, -0.25) is 4.79 Å². The summed E-state index contributed by atoms with van der Waals surface area (Å²) in [6.07, 6.45) is 0. The number of hydrogen-bond donors (Lipinski definition) is 2. The highest BCUT2D eigenvalue weighted by Gasteiger charge is 1.91. The van der Waals surface area contributed by atoms with Gasteiger partial charge in [0.15, 0.2) is 0 Å². The average molecular weight is 190 g/mol. The van der Waals surface area contributed by atoms with Crippen molar-refractivity contribution in [2.24, 2.45) is 5.73 Å². The van der Waals surface area contributed by atoms with E-state index >= 15 is 0 Å². The van der Waals surface area contributed by atoms with Gasteiger partial charge in [-0.2, -0.15) is 0 Å². The summed E-state index contributed by atoms with van der Waals surface area (Å²) in [5.74, 6) is -0.0389. The number of carbonyl (C=O) groups is 1. The molecule has 0 atom stereocenters. The summed E-state index contributed by atoms with van der Waals surface area (Å²) in [4.78, 5) is 10.4. The normalized spacial score (nSPS) is 10.0. The fourth-order valence-corrected chi connectivity index (χ4v) is 0.705. The Morgan fingerprint density at radius 1 is 1.23 bits per heavy atom. The third kappa shape index (κ3) is 11.3. The first-order valence-electron chi connectivity index (χ1n) is 4.37. The van der Waals surface area contributed by atoms with E-state index in [9.17, 15) is 4.79 Å². The standard InChI is InChI=1S/C8H18N2O3/c1-8(11)10-3-5-13-7-6-12-4-2-9/h2-7,9H2,1H3,(H,10,11). The first-order valence-corrected chi connectivity index (χ1v) is 4.37. The van der Waals surface area contributed by atoms with Crippen LogP contribution in [-0.4, -0.2) is 45.4 Å². The molecular formula is C8H18N2O3. The van der Waals surface area contributed by atoms with Gasteiger partial charge < -0.3 is 20.5 Å². The molecule has 0 spiro atoms. The van der Waals surface area contributed by atoms with E-state index in [1.807, 2.05) is 0 Å². The molecule has 0 saturated carbocycles. The first kappa shape index (κ1) is 12.3. The molecule has 0 aromatic carbocycles. The van der Waals surface area contributed by atoms with Crippen molar-refractivity contribution in [2.45, 2.75) is 6.92 Å². The smallest absolute Gasteiger partial charge is 0.216 e. The molecule has 13 heavy (non-hydrogen) atoms. The van der Waals surface area contributed by atoms with Crippen LogP contribution in [0.1, 0.15) is 6.92 Å². The molecule has 0 aliphatic rings. The first-order chi connectivity index (χ1) is 6.27. The van der Waals surface area contributed by atoms with Crippen LogP contribution in [0.15, 0.2) is 0 Å². The zero-order valence-corrected chi connectivity index (χ0v) is 8.04. The van der Waals surface area contributed by atoms with Gasteiger partial charge in [0.25, 0.3) is 0 Å². The highest BCUT2D eigenvalue weighted by molar-refractivity contribution is 5.72. The maximum absolute atomic E-state index is 10.4. The summed E-state index contributed by atoms with van der Waals surface area (Å²) in [7, 11) is 0. The Kier molecular flexibility index (Phi) is 8.97. The summed E-state index contributed by atoms with van der Waals surface area (Å²) in [5, 5.41) is 2.62. The Morgan fingerprint density at radius 2 is 1.85 bits per heavy atom. The van der Waals surface area contributed by atoms with Crippen molar-refractivity contribution in [1.82, 2.24) is 5.32 Å². The van der Waals surface area contributed by atoms with E-state index in [0.29, 0.717) is 39.5 Å². The van der Waals surface area contributed by atoms with Crippen LogP contribution in [0, 0.1) is 0 Å². The number of nitrogens with two attached hydrogens (primary N) is 1. The minimum absolute atomic E-state index is 0.0389. The van der Waals surface area contributed by atoms with Gasteiger partial charge in [0, 0.05) is 20.0 Å². The zero-order valence-electron chi connectivity index (χ0n) is 8.04. The number of ether oxygens (including phenoxy) is 2. The van der Waals surface area contributed by atoms with Crippen LogP contribution in [0.3, 0.4) is 0 Å². The number of rotatable bonds is 8. The van der Waals surface area contributed by atoms with Gasteiger partial charge >= 0.3 is 0 Å². The molecule has 0 aromatic heterocycles. The van der Waals surface area contributed by atoms with E-state index in [1.165, 1.54) is 6.92 Å². The second-order valence-corrected chi connectivity index (χ2v) is 2.50. The molecule has 5 nitrogen and oxygen atoms in total. The minimum atomic E-state index is -0.0389. The molecule has 0 aliphatic heterocycles. The van der Waals surface area contributed by atoms with Crippen LogP contribution in [0.4, 0.5) is 0 Å². The van der Waals surface area contributed by atoms with Gasteiger partial charge in [-0.05, 0) is 0 Å².